The minimum absolute atomic E-state index is 0.660. The number of rotatable bonds is 3. The van der Waals surface area contributed by atoms with Crippen molar-refractivity contribution in [2.24, 2.45) is 0 Å². The number of aromatic nitrogens is 1. The van der Waals surface area contributed by atoms with E-state index >= 15 is 0 Å². The van der Waals surface area contributed by atoms with E-state index in [-0.39, 0.29) is 0 Å². The molecule has 0 aliphatic heterocycles. The largest absolute Gasteiger partial charge is 0.309 e. The molecule has 2 nitrogen and oxygen atoms in total. The molecule has 0 spiro atoms. The zero-order valence-corrected chi connectivity index (χ0v) is 28.7. The van der Waals surface area contributed by atoms with Gasteiger partial charge in [-0.1, -0.05) is 146 Å². The summed E-state index contributed by atoms with van der Waals surface area (Å²) >= 11 is 0. The van der Waals surface area contributed by atoms with E-state index in [4.69, 9.17) is 6.57 Å². The molecule has 2 heteroatoms. The summed E-state index contributed by atoms with van der Waals surface area (Å²) in [7, 11) is 0. The molecule has 11 aromatic rings. The molecule has 0 saturated heterocycles. The maximum Gasteiger partial charge on any atom is 0.187 e. The third kappa shape index (κ3) is 4.45. The third-order valence-electron chi connectivity index (χ3n) is 11.1. The summed E-state index contributed by atoms with van der Waals surface area (Å²) in [6.07, 6.45) is 0. The van der Waals surface area contributed by atoms with Gasteiger partial charge in [-0.25, -0.2) is 4.85 Å². The fourth-order valence-corrected chi connectivity index (χ4v) is 8.67. The van der Waals surface area contributed by atoms with Crippen LogP contribution in [0.3, 0.4) is 0 Å². The van der Waals surface area contributed by atoms with Gasteiger partial charge < -0.3 is 4.57 Å². The molecule has 0 unspecified atom stereocenters. The first-order chi connectivity index (χ1) is 26.2. The van der Waals surface area contributed by atoms with Crippen molar-refractivity contribution >= 4 is 81.4 Å². The highest BCUT2D eigenvalue weighted by Crippen LogP contribution is 2.45. The van der Waals surface area contributed by atoms with Crippen LogP contribution in [-0.4, -0.2) is 4.57 Å². The molecule has 11 rings (SSSR count). The molecule has 0 aliphatic rings. The lowest BCUT2D eigenvalue weighted by molar-refractivity contribution is 1.19. The van der Waals surface area contributed by atoms with Crippen LogP contribution in [0.5, 0.6) is 0 Å². The highest BCUT2D eigenvalue weighted by molar-refractivity contribution is 6.36. The molecule has 0 saturated carbocycles. The van der Waals surface area contributed by atoms with E-state index < -0.39 is 0 Å². The Morgan fingerprint density at radius 3 is 1.68 bits per heavy atom. The normalized spacial score (nSPS) is 11.8. The number of benzene rings is 10. The molecular formula is C51H30N2. The van der Waals surface area contributed by atoms with Gasteiger partial charge in [0, 0.05) is 27.2 Å². The van der Waals surface area contributed by atoms with Crippen molar-refractivity contribution in [1.29, 1.82) is 0 Å². The Hall–Kier alpha value is -7.21. The molecule has 1 aromatic heterocycles. The maximum atomic E-state index is 7.27. The first kappa shape index (κ1) is 29.5. The Bertz CT molecular complexity index is 3310. The van der Waals surface area contributed by atoms with Crippen LogP contribution in [0.25, 0.3) is 108 Å². The van der Waals surface area contributed by atoms with Crippen molar-refractivity contribution in [1.82, 2.24) is 4.57 Å². The summed E-state index contributed by atoms with van der Waals surface area (Å²) in [5.74, 6) is 0. The predicted molar refractivity (Wildman–Crippen MR) is 225 cm³/mol. The molecular weight excluding hydrogens is 641 g/mol. The molecule has 53 heavy (non-hydrogen) atoms. The number of hydrogen-bond donors (Lipinski definition) is 0. The van der Waals surface area contributed by atoms with E-state index in [0.29, 0.717) is 5.69 Å². The van der Waals surface area contributed by atoms with Crippen LogP contribution in [-0.2, 0) is 0 Å². The number of nitrogens with zero attached hydrogens (tertiary/aromatic N) is 2. The van der Waals surface area contributed by atoms with Gasteiger partial charge in [0.2, 0.25) is 0 Å². The molecule has 0 aliphatic carbocycles. The molecule has 0 atom stereocenters. The zero-order chi connectivity index (χ0) is 35.0. The second-order valence-electron chi connectivity index (χ2n) is 14.0. The molecule has 0 bridgehead atoms. The summed E-state index contributed by atoms with van der Waals surface area (Å²) in [6.45, 7) is 7.27. The van der Waals surface area contributed by atoms with Crippen molar-refractivity contribution in [3.05, 3.63) is 193 Å². The van der Waals surface area contributed by atoms with Crippen molar-refractivity contribution in [3.63, 3.8) is 0 Å². The molecule has 0 N–H and O–H groups in total. The van der Waals surface area contributed by atoms with E-state index in [1.165, 1.54) is 92.5 Å². The first-order valence-corrected chi connectivity index (χ1v) is 18.0. The van der Waals surface area contributed by atoms with Gasteiger partial charge in [0.1, 0.15) is 0 Å². The average molecular weight is 671 g/mol. The molecule has 10 aromatic carbocycles. The smallest absolute Gasteiger partial charge is 0.187 e. The van der Waals surface area contributed by atoms with Gasteiger partial charge in [-0.15, -0.1) is 0 Å². The van der Waals surface area contributed by atoms with Crippen LogP contribution < -0.4 is 0 Å². The van der Waals surface area contributed by atoms with Crippen LogP contribution in [0, 0.1) is 6.57 Å². The van der Waals surface area contributed by atoms with Gasteiger partial charge in [-0.2, -0.15) is 0 Å². The zero-order valence-electron chi connectivity index (χ0n) is 28.7. The second-order valence-corrected chi connectivity index (χ2v) is 14.0. The van der Waals surface area contributed by atoms with Gasteiger partial charge >= 0.3 is 0 Å². The monoisotopic (exact) mass is 670 g/mol. The molecule has 0 radical (unpaired) electrons. The Labute approximate surface area is 306 Å². The van der Waals surface area contributed by atoms with Crippen molar-refractivity contribution < 1.29 is 0 Å². The summed E-state index contributed by atoms with van der Waals surface area (Å²) in [5.41, 5.74) is 8.97. The summed E-state index contributed by atoms with van der Waals surface area (Å²) in [5, 5.41) is 15.1. The molecule has 1 heterocycles. The second kappa shape index (κ2) is 11.4. The van der Waals surface area contributed by atoms with E-state index in [2.05, 4.69) is 167 Å². The Balaban J connectivity index is 1.14. The van der Waals surface area contributed by atoms with Crippen LogP contribution >= 0.6 is 0 Å². The van der Waals surface area contributed by atoms with Crippen LogP contribution in [0.15, 0.2) is 182 Å². The minimum Gasteiger partial charge on any atom is -0.309 e. The van der Waals surface area contributed by atoms with Gasteiger partial charge in [-0.05, 0) is 102 Å². The van der Waals surface area contributed by atoms with E-state index in [1.54, 1.807) is 0 Å². The maximum absolute atomic E-state index is 7.27. The van der Waals surface area contributed by atoms with Crippen LogP contribution in [0.1, 0.15) is 0 Å². The summed E-state index contributed by atoms with van der Waals surface area (Å²) < 4.78 is 2.46. The van der Waals surface area contributed by atoms with Crippen molar-refractivity contribution in [2.45, 2.75) is 0 Å². The van der Waals surface area contributed by atoms with Crippen LogP contribution in [0.4, 0.5) is 5.69 Å². The van der Waals surface area contributed by atoms with E-state index in [9.17, 15) is 0 Å². The molecule has 244 valence electrons. The van der Waals surface area contributed by atoms with Gasteiger partial charge in [0.05, 0.1) is 17.6 Å². The summed E-state index contributed by atoms with van der Waals surface area (Å²) in [4.78, 5) is 3.54. The van der Waals surface area contributed by atoms with Crippen LogP contribution in [0.2, 0.25) is 0 Å². The minimum atomic E-state index is 0.660. The lowest BCUT2D eigenvalue weighted by atomic mass is 9.89. The van der Waals surface area contributed by atoms with E-state index in [0.717, 1.165) is 11.1 Å². The average Bonchev–Trinajstić information content (AvgIpc) is 3.58. The fraction of sp³-hybridized carbons (Fsp3) is 0. The lowest BCUT2D eigenvalue weighted by Gasteiger charge is -2.14. The first-order valence-electron chi connectivity index (χ1n) is 18.0. The van der Waals surface area contributed by atoms with Crippen molar-refractivity contribution in [3.8, 4) is 27.9 Å². The quantitative estimate of drug-likeness (QED) is 0.131. The highest BCUT2D eigenvalue weighted by Gasteiger charge is 2.20. The van der Waals surface area contributed by atoms with Gasteiger partial charge in [0.15, 0.2) is 5.69 Å². The number of hydrogen-bond acceptors (Lipinski definition) is 0. The SMILES string of the molecule is [C-]#[N+]c1ccc(-c2ccc3cc(-c4ccc5c(c4)c4ccccc4c4c5ccc5c4c4ccc6ccccc6c4n5-c4ccccc4)ccc3c2)cc1. The van der Waals surface area contributed by atoms with E-state index in [1.807, 2.05) is 24.3 Å². The van der Waals surface area contributed by atoms with Gasteiger partial charge in [-0.3, -0.25) is 0 Å². The van der Waals surface area contributed by atoms with Gasteiger partial charge in [0.25, 0.3) is 0 Å². The number of fused-ring (bicyclic) bond motifs is 13. The topological polar surface area (TPSA) is 9.29 Å². The Kier molecular flexibility index (Phi) is 6.35. The highest BCUT2D eigenvalue weighted by atomic mass is 15.0. The third-order valence-corrected chi connectivity index (χ3v) is 11.1. The fourth-order valence-electron chi connectivity index (χ4n) is 8.67. The standard InChI is InChI=1S/C51H30N2/c1-52-39-23-19-32(20-24-39)34-15-16-36-30-37(18-17-35(36)29-34)38-22-25-43-45-27-28-48-50(49(45)44-14-8-7-13-42(44)47(43)31-38)46-26-21-33-9-5-6-12-41(33)51(46)53(48)40-10-3-2-4-11-40/h2-31H. The Morgan fingerprint density at radius 2 is 0.906 bits per heavy atom. The molecule has 0 fully saturated rings. The summed E-state index contributed by atoms with van der Waals surface area (Å²) in [6, 6.07) is 66.0. The predicted octanol–water partition coefficient (Wildman–Crippen LogP) is 14.4. The lowest BCUT2D eigenvalue weighted by Crippen LogP contribution is -1.94. The Morgan fingerprint density at radius 1 is 0.358 bits per heavy atom. The van der Waals surface area contributed by atoms with Crippen molar-refractivity contribution in [2.75, 3.05) is 0 Å². The molecule has 0 amide bonds. The number of para-hydroxylation sites is 1.